The molecule has 6 heteroatoms. The molecule has 3 N–H and O–H groups in total. The van der Waals surface area contributed by atoms with Crippen LogP contribution in [0.15, 0.2) is 30.6 Å². The van der Waals surface area contributed by atoms with Gasteiger partial charge in [-0.25, -0.2) is 8.78 Å². The molecule has 0 aliphatic carbocycles. The van der Waals surface area contributed by atoms with E-state index in [9.17, 15) is 8.78 Å². The Bertz CT molecular complexity index is 539. The lowest BCUT2D eigenvalue weighted by atomic mass is 10.0. The van der Waals surface area contributed by atoms with E-state index in [-0.39, 0.29) is 6.04 Å². The zero-order valence-electron chi connectivity index (χ0n) is 9.90. The van der Waals surface area contributed by atoms with Gasteiger partial charge >= 0.3 is 0 Å². The zero-order valence-corrected chi connectivity index (χ0v) is 9.90. The molecule has 1 aromatic carbocycles. The quantitative estimate of drug-likeness (QED) is 0.639. The van der Waals surface area contributed by atoms with Gasteiger partial charge in [0.15, 0.2) is 0 Å². The summed E-state index contributed by atoms with van der Waals surface area (Å²) in [5.41, 5.74) is 3.86. The first kappa shape index (κ1) is 12.7. The predicted octanol–water partition coefficient (Wildman–Crippen LogP) is 1.45. The average molecular weight is 252 g/mol. The fourth-order valence-electron chi connectivity index (χ4n) is 1.80. The molecule has 1 aromatic heterocycles. The molecule has 0 saturated heterocycles. The standard InChI is InChI=1S/C12H14F2N4/c1-18-7-9(6-16-18)12(17-15)4-8-2-3-10(13)5-11(8)14/h2-3,5-7,12,17H,4,15H2,1H3. The van der Waals surface area contributed by atoms with Crippen LogP contribution in [-0.4, -0.2) is 9.78 Å². The monoisotopic (exact) mass is 252 g/mol. The van der Waals surface area contributed by atoms with Gasteiger partial charge in [0.1, 0.15) is 11.6 Å². The number of hydrazine groups is 1. The lowest BCUT2D eigenvalue weighted by molar-refractivity contribution is 0.521. The summed E-state index contributed by atoms with van der Waals surface area (Å²) in [4.78, 5) is 0. The van der Waals surface area contributed by atoms with Crippen LogP contribution in [0.4, 0.5) is 8.78 Å². The van der Waals surface area contributed by atoms with Crippen LogP contribution in [0.1, 0.15) is 17.2 Å². The van der Waals surface area contributed by atoms with Gasteiger partial charge in [-0.15, -0.1) is 0 Å². The molecule has 0 amide bonds. The van der Waals surface area contributed by atoms with E-state index in [1.165, 1.54) is 12.1 Å². The molecule has 1 unspecified atom stereocenters. The molecule has 1 atom stereocenters. The Kier molecular flexibility index (Phi) is 3.69. The number of hydrogen-bond acceptors (Lipinski definition) is 3. The molecule has 2 rings (SSSR count). The van der Waals surface area contributed by atoms with Crippen molar-refractivity contribution >= 4 is 0 Å². The summed E-state index contributed by atoms with van der Waals surface area (Å²) in [6.45, 7) is 0. The first-order chi connectivity index (χ1) is 8.60. The van der Waals surface area contributed by atoms with Crippen molar-refractivity contribution in [3.05, 3.63) is 53.4 Å². The number of aryl methyl sites for hydroxylation is 1. The molecule has 1 heterocycles. The molecule has 0 spiro atoms. The number of halogens is 2. The zero-order chi connectivity index (χ0) is 13.1. The summed E-state index contributed by atoms with van der Waals surface area (Å²) in [5, 5.41) is 4.03. The summed E-state index contributed by atoms with van der Waals surface area (Å²) in [6.07, 6.45) is 3.78. The van der Waals surface area contributed by atoms with Crippen LogP contribution >= 0.6 is 0 Å². The summed E-state index contributed by atoms with van der Waals surface area (Å²) in [7, 11) is 1.79. The number of benzene rings is 1. The molecule has 0 bridgehead atoms. The third-order valence-electron chi connectivity index (χ3n) is 2.77. The van der Waals surface area contributed by atoms with Crippen LogP contribution < -0.4 is 11.3 Å². The van der Waals surface area contributed by atoms with E-state index < -0.39 is 11.6 Å². The molecule has 0 aliphatic heterocycles. The van der Waals surface area contributed by atoms with E-state index in [0.717, 1.165) is 11.6 Å². The Morgan fingerprint density at radius 2 is 2.22 bits per heavy atom. The Morgan fingerprint density at radius 1 is 1.44 bits per heavy atom. The first-order valence-electron chi connectivity index (χ1n) is 5.48. The van der Waals surface area contributed by atoms with E-state index in [4.69, 9.17) is 5.84 Å². The molecular formula is C12H14F2N4. The second-order valence-electron chi connectivity index (χ2n) is 4.11. The van der Waals surface area contributed by atoms with Crippen molar-refractivity contribution in [2.45, 2.75) is 12.5 Å². The van der Waals surface area contributed by atoms with Crippen molar-refractivity contribution in [3.63, 3.8) is 0 Å². The number of nitrogens with two attached hydrogens (primary N) is 1. The average Bonchev–Trinajstić information content (AvgIpc) is 2.75. The molecule has 0 aliphatic rings. The van der Waals surface area contributed by atoms with E-state index in [0.29, 0.717) is 12.0 Å². The van der Waals surface area contributed by atoms with E-state index >= 15 is 0 Å². The number of nitrogens with zero attached hydrogens (tertiary/aromatic N) is 2. The van der Waals surface area contributed by atoms with Crippen LogP contribution in [-0.2, 0) is 13.5 Å². The highest BCUT2D eigenvalue weighted by Gasteiger charge is 2.15. The Labute approximate surface area is 103 Å². The maximum Gasteiger partial charge on any atom is 0.129 e. The number of aromatic nitrogens is 2. The van der Waals surface area contributed by atoms with Crippen molar-refractivity contribution < 1.29 is 8.78 Å². The maximum absolute atomic E-state index is 13.5. The molecule has 18 heavy (non-hydrogen) atoms. The van der Waals surface area contributed by atoms with Crippen LogP contribution in [0.25, 0.3) is 0 Å². The van der Waals surface area contributed by atoms with Gasteiger partial charge in [0.05, 0.1) is 12.2 Å². The van der Waals surface area contributed by atoms with Crippen LogP contribution in [0, 0.1) is 11.6 Å². The molecule has 0 radical (unpaired) electrons. The largest absolute Gasteiger partial charge is 0.275 e. The van der Waals surface area contributed by atoms with Gasteiger partial charge in [-0.1, -0.05) is 6.07 Å². The number of nitrogens with one attached hydrogen (secondary N) is 1. The maximum atomic E-state index is 13.5. The SMILES string of the molecule is Cn1cc(C(Cc2ccc(F)cc2F)NN)cn1. The highest BCUT2D eigenvalue weighted by Crippen LogP contribution is 2.19. The van der Waals surface area contributed by atoms with Crippen molar-refractivity contribution in [3.8, 4) is 0 Å². The third-order valence-corrected chi connectivity index (χ3v) is 2.77. The van der Waals surface area contributed by atoms with Gasteiger partial charge in [0, 0.05) is 24.9 Å². The van der Waals surface area contributed by atoms with Crippen LogP contribution in [0.2, 0.25) is 0 Å². The predicted molar refractivity (Wildman–Crippen MR) is 63.3 cm³/mol. The van der Waals surface area contributed by atoms with Gasteiger partial charge in [0.25, 0.3) is 0 Å². The molecule has 0 fully saturated rings. The highest BCUT2D eigenvalue weighted by molar-refractivity contribution is 5.22. The second-order valence-corrected chi connectivity index (χ2v) is 4.11. The lowest BCUT2D eigenvalue weighted by Crippen LogP contribution is -2.29. The molecular weight excluding hydrogens is 238 g/mol. The minimum atomic E-state index is -0.588. The normalized spacial score (nSPS) is 12.7. The Morgan fingerprint density at radius 3 is 2.78 bits per heavy atom. The fourth-order valence-corrected chi connectivity index (χ4v) is 1.80. The van der Waals surface area contributed by atoms with Gasteiger partial charge in [-0.3, -0.25) is 16.0 Å². The van der Waals surface area contributed by atoms with Crippen molar-refractivity contribution in [1.82, 2.24) is 15.2 Å². The fraction of sp³-hybridized carbons (Fsp3) is 0.250. The number of hydrogen-bond donors (Lipinski definition) is 2. The van der Waals surface area contributed by atoms with E-state index in [1.807, 2.05) is 0 Å². The highest BCUT2D eigenvalue weighted by atomic mass is 19.1. The third kappa shape index (κ3) is 2.72. The number of rotatable bonds is 4. The van der Waals surface area contributed by atoms with Crippen molar-refractivity contribution in [1.29, 1.82) is 0 Å². The van der Waals surface area contributed by atoms with Crippen LogP contribution in [0.5, 0.6) is 0 Å². The summed E-state index contributed by atoms with van der Waals surface area (Å²) >= 11 is 0. The van der Waals surface area contributed by atoms with Gasteiger partial charge in [0.2, 0.25) is 0 Å². The first-order valence-corrected chi connectivity index (χ1v) is 5.48. The molecule has 96 valence electrons. The smallest absolute Gasteiger partial charge is 0.129 e. The minimum absolute atomic E-state index is 0.265. The molecule has 2 aromatic rings. The molecule has 0 saturated carbocycles. The van der Waals surface area contributed by atoms with Gasteiger partial charge < -0.3 is 0 Å². The van der Waals surface area contributed by atoms with Gasteiger partial charge in [-0.2, -0.15) is 5.10 Å². The Balaban J connectivity index is 2.20. The second kappa shape index (κ2) is 5.24. The lowest BCUT2D eigenvalue weighted by Gasteiger charge is -2.14. The summed E-state index contributed by atoms with van der Waals surface area (Å²) in [6, 6.07) is 3.26. The van der Waals surface area contributed by atoms with Crippen molar-refractivity contribution in [2.24, 2.45) is 12.9 Å². The topological polar surface area (TPSA) is 55.9 Å². The minimum Gasteiger partial charge on any atom is -0.275 e. The summed E-state index contributed by atoms with van der Waals surface area (Å²) < 4.78 is 28.0. The molecule has 4 nitrogen and oxygen atoms in total. The van der Waals surface area contributed by atoms with Crippen LogP contribution in [0.3, 0.4) is 0 Å². The summed E-state index contributed by atoms with van der Waals surface area (Å²) in [5.74, 6) is 4.30. The van der Waals surface area contributed by atoms with Gasteiger partial charge in [-0.05, 0) is 18.1 Å². The Hall–Kier alpha value is -1.79. The van der Waals surface area contributed by atoms with E-state index in [1.54, 1.807) is 24.1 Å². The van der Waals surface area contributed by atoms with E-state index in [2.05, 4.69) is 10.5 Å². The van der Waals surface area contributed by atoms with Crippen molar-refractivity contribution in [2.75, 3.05) is 0 Å².